The molecular formula is C28H21Cl2N3O4. The van der Waals surface area contributed by atoms with Crippen LogP contribution >= 0.6 is 23.2 Å². The van der Waals surface area contributed by atoms with E-state index in [2.05, 4.69) is 16.2 Å². The van der Waals surface area contributed by atoms with Gasteiger partial charge >= 0.3 is 0 Å². The minimum atomic E-state index is -0.587. The predicted molar refractivity (Wildman–Crippen MR) is 143 cm³/mol. The molecule has 0 aromatic heterocycles. The van der Waals surface area contributed by atoms with E-state index in [0.717, 1.165) is 5.56 Å². The van der Waals surface area contributed by atoms with Crippen molar-refractivity contribution < 1.29 is 19.1 Å². The molecule has 186 valence electrons. The van der Waals surface area contributed by atoms with E-state index in [4.69, 9.17) is 27.9 Å². The summed E-state index contributed by atoms with van der Waals surface area (Å²) in [6.45, 7) is 0.379. The second-order valence-electron chi connectivity index (χ2n) is 7.90. The number of carbonyl (C=O) groups is 3. The normalized spacial score (nSPS) is 10.3. The third kappa shape index (κ3) is 7.33. The first-order valence-corrected chi connectivity index (χ1v) is 11.9. The van der Waals surface area contributed by atoms with Crippen LogP contribution in [0.15, 0.2) is 97.1 Å². The second kappa shape index (κ2) is 12.1. The number of anilines is 1. The summed E-state index contributed by atoms with van der Waals surface area (Å²) in [4.78, 5) is 37.6. The molecule has 0 unspecified atom stereocenters. The van der Waals surface area contributed by atoms with Crippen molar-refractivity contribution in [1.82, 2.24) is 10.9 Å². The molecule has 4 rings (SSSR count). The molecule has 3 N–H and O–H groups in total. The summed E-state index contributed by atoms with van der Waals surface area (Å²) in [5.74, 6) is -0.972. The molecule has 0 fully saturated rings. The Kier molecular flexibility index (Phi) is 8.40. The van der Waals surface area contributed by atoms with Crippen LogP contribution in [0.1, 0.15) is 36.6 Å². The zero-order valence-electron chi connectivity index (χ0n) is 19.3. The minimum absolute atomic E-state index is 0.189. The van der Waals surface area contributed by atoms with E-state index in [1.165, 1.54) is 24.3 Å². The number of ether oxygens (including phenoxy) is 1. The molecule has 0 atom stereocenters. The molecule has 0 bridgehead atoms. The quantitative estimate of drug-likeness (QED) is 0.257. The Balaban J connectivity index is 1.35. The first-order chi connectivity index (χ1) is 17.9. The van der Waals surface area contributed by atoms with Crippen molar-refractivity contribution >= 4 is 46.6 Å². The first kappa shape index (κ1) is 25.8. The topological polar surface area (TPSA) is 96.5 Å². The van der Waals surface area contributed by atoms with Crippen molar-refractivity contribution in [3.8, 4) is 5.75 Å². The summed E-state index contributed by atoms with van der Waals surface area (Å²) in [5.41, 5.74) is 6.87. The van der Waals surface area contributed by atoms with E-state index in [1.807, 2.05) is 30.3 Å². The fourth-order valence-corrected chi connectivity index (χ4v) is 3.88. The summed E-state index contributed by atoms with van der Waals surface area (Å²) < 4.78 is 5.79. The van der Waals surface area contributed by atoms with Gasteiger partial charge in [0.2, 0.25) is 0 Å². The molecule has 9 heteroatoms. The van der Waals surface area contributed by atoms with Crippen molar-refractivity contribution in [2.75, 3.05) is 5.32 Å². The lowest BCUT2D eigenvalue weighted by molar-refractivity contribution is 0.0846. The maximum atomic E-state index is 12.8. The van der Waals surface area contributed by atoms with E-state index in [-0.39, 0.29) is 17.0 Å². The lowest BCUT2D eigenvalue weighted by Gasteiger charge is -2.11. The average Bonchev–Trinajstić information content (AvgIpc) is 2.90. The molecular weight excluding hydrogens is 513 g/mol. The van der Waals surface area contributed by atoms with Gasteiger partial charge in [0.05, 0.1) is 0 Å². The Morgan fingerprint density at radius 3 is 1.95 bits per heavy atom. The average molecular weight is 534 g/mol. The van der Waals surface area contributed by atoms with Crippen LogP contribution in [0, 0.1) is 0 Å². The number of rotatable bonds is 7. The summed E-state index contributed by atoms with van der Waals surface area (Å²) in [6.07, 6.45) is 0. The van der Waals surface area contributed by atoms with Gasteiger partial charge in [-0.15, -0.1) is 0 Å². The van der Waals surface area contributed by atoms with Gasteiger partial charge in [-0.1, -0.05) is 65.7 Å². The van der Waals surface area contributed by atoms with Crippen LogP contribution in [0.5, 0.6) is 5.75 Å². The van der Waals surface area contributed by atoms with Crippen molar-refractivity contribution in [2.24, 2.45) is 0 Å². The van der Waals surface area contributed by atoms with Crippen molar-refractivity contribution in [3.63, 3.8) is 0 Å². The summed E-state index contributed by atoms with van der Waals surface area (Å²) in [6, 6.07) is 27.2. The number of halogens is 2. The number of hydrogen-bond acceptors (Lipinski definition) is 4. The smallest absolute Gasteiger partial charge is 0.269 e. The van der Waals surface area contributed by atoms with Crippen LogP contribution in [0.3, 0.4) is 0 Å². The van der Waals surface area contributed by atoms with Crippen LogP contribution in [0.2, 0.25) is 10.0 Å². The zero-order chi connectivity index (χ0) is 26.2. The molecule has 0 saturated heterocycles. The van der Waals surface area contributed by atoms with E-state index in [1.54, 1.807) is 42.5 Å². The van der Waals surface area contributed by atoms with Crippen LogP contribution in [-0.2, 0) is 6.61 Å². The molecule has 7 nitrogen and oxygen atoms in total. The highest BCUT2D eigenvalue weighted by atomic mass is 35.5. The molecule has 0 saturated carbocycles. The number of hydrazine groups is 1. The number of carbonyl (C=O) groups excluding carboxylic acids is 3. The summed E-state index contributed by atoms with van der Waals surface area (Å²) in [5, 5.41) is 3.35. The third-order valence-corrected chi connectivity index (χ3v) is 5.58. The van der Waals surface area contributed by atoms with Crippen LogP contribution < -0.4 is 20.9 Å². The van der Waals surface area contributed by atoms with Crippen molar-refractivity contribution in [1.29, 1.82) is 0 Å². The predicted octanol–water partition coefficient (Wildman–Crippen LogP) is 5.90. The molecule has 0 radical (unpaired) electrons. The lowest BCUT2D eigenvalue weighted by Crippen LogP contribution is -2.41. The van der Waals surface area contributed by atoms with Gasteiger partial charge in [0.25, 0.3) is 17.7 Å². The molecule has 4 aromatic carbocycles. The van der Waals surface area contributed by atoms with Crippen molar-refractivity contribution in [3.05, 3.63) is 129 Å². The number of amides is 3. The maximum Gasteiger partial charge on any atom is 0.269 e. The Labute approximate surface area is 223 Å². The van der Waals surface area contributed by atoms with Crippen LogP contribution in [-0.4, -0.2) is 17.7 Å². The minimum Gasteiger partial charge on any atom is -0.489 e. The Morgan fingerprint density at radius 1 is 0.622 bits per heavy atom. The van der Waals surface area contributed by atoms with Gasteiger partial charge in [0.1, 0.15) is 12.4 Å². The highest BCUT2D eigenvalue weighted by molar-refractivity contribution is 6.35. The molecule has 3 amide bonds. The lowest BCUT2D eigenvalue weighted by atomic mass is 10.1. The van der Waals surface area contributed by atoms with Gasteiger partial charge in [-0.25, -0.2) is 0 Å². The number of hydrogen-bond donors (Lipinski definition) is 3. The standard InChI is InChI=1S/C28H21Cl2N3O4/c29-22-12-21(13-23(30)16-22)28(36)33-32-27(35)19-8-4-10-24(14-19)31-26(34)20-9-5-11-25(15-20)37-17-18-6-2-1-3-7-18/h1-16H,17H2,(H,31,34)(H,32,35)(H,33,36). The fraction of sp³-hybridized carbons (Fsp3) is 0.0357. The molecule has 0 aliphatic carbocycles. The van der Waals surface area contributed by atoms with Gasteiger partial charge in [-0.2, -0.15) is 0 Å². The van der Waals surface area contributed by atoms with Gasteiger partial charge < -0.3 is 10.1 Å². The maximum absolute atomic E-state index is 12.8. The Hall–Kier alpha value is -4.33. The second-order valence-corrected chi connectivity index (χ2v) is 8.78. The molecule has 37 heavy (non-hydrogen) atoms. The van der Waals surface area contributed by atoms with E-state index in [9.17, 15) is 14.4 Å². The molecule has 0 aliphatic heterocycles. The fourth-order valence-electron chi connectivity index (χ4n) is 3.35. The molecule has 4 aromatic rings. The van der Waals surface area contributed by atoms with E-state index >= 15 is 0 Å². The van der Waals surface area contributed by atoms with Crippen LogP contribution in [0.4, 0.5) is 5.69 Å². The monoisotopic (exact) mass is 533 g/mol. The largest absolute Gasteiger partial charge is 0.489 e. The molecule has 0 heterocycles. The van der Waals surface area contributed by atoms with Gasteiger partial charge in [0.15, 0.2) is 0 Å². The summed E-state index contributed by atoms with van der Waals surface area (Å²) in [7, 11) is 0. The highest BCUT2D eigenvalue weighted by Gasteiger charge is 2.13. The molecule has 0 spiro atoms. The van der Waals surface area contributed by atoms with Crippen LogP contribution in [0.25, 0.3) is 0 Å². The third-order valence-electron chi connectivity index (χ3n) is 5.14. The number of nitrogens with one attached hydrogen (secondary N) is 3. The SMILES string of the molecule is O=C(NNC(=O)c1cccc(NC(=O)c2cccc(OCc3ccccc3)c2)c1)c1cc(Cl)cc(Cl)c1. The Bertz CT molecular complexity index is 1420. The van der Waals surface area contributed by atoms with Gasteiger partial charge in [-0.3, -0.25) is 25.2 Å². The Morgan fingerprint density at radius 2 is 1.24 bits per heavy atom. The molecule has 0 aliphatic rings. The number of benzene rings is 4. The highest BCUT2D eigenvalue weighted by Crippen LogP contribution is 2.19. The first-order valence-electron chi connectivity index (χ1n) is 11.1. The van der Waals surface area contributed by atoms with E-state index < -0.39 is 11.8 Å². The van der Waals surface area contributed by atoms with Crippen molar-refractivity contribution in [2.45, 2.75) is 6.61 Å². The zero-order valence-corrected chi connectivity index (χ0v) is 20.8. The van der Waals surface area contributed by atoms with E-state index in [0.29, 0.717) is 33.7 Å². The van der Waals surface area contributed by atoms with Gasteiger partial charge in [0, 0.05) is 32.4 Å². The summed E-state index contributed by atoms with van der Waals surface area (Å²) >= 11 is 11.8. The van der Waals surface area contributed by atoms with Gasteiger partial charge in [-0.05, 0) is 60.2 Å².